The van der Waals surface area contributed by atoms with E-state index in [9.17, 15) is 23.3 Å². The molecule has 0 atom stereocenters. The maximum atomic E-state index is 12.9. The van der Waals surface area contributed by atoms with Gasteiger partial charge in [0.25, 0.3) is 5.69 Å². The zero-order chi connectivity index (χ0) is 19.5. The topological polar surface area (TPSA) is 101 Å². The van der Waals surface area contributed by atoms with Crippen molar-refractivity contribution in [2.24, 2.45) is 5.92 Å². The Hall–Kier alpha value is -2.00. The molecule has 1 fully saturated rings. The summed E-state index contributed by atoms with van der Waals surface area (Å²) in [6.07, 6.45) is 0.922. The molecule has 0 radical (unpaired) electrons. The second-order valence-electron chi connectivity index (χ2n) is 6.35. The van der Waals surface area contributed by atoms with Crippen LogP contribution in [0.2, 0.25) is 0 Å². The van der Waals surface area contributed by atoms with Crippen molar-refractivity contribution in [1.82, 2.24) is 9.21 Å². The number of carbonyl (C=O) groups excluding carboxylic acids is 1. The maximum absolute atomic E-state index is 12.9. The summed E-state index contributed by atoms with van der Waals surface area (Å²) in [4.78, 5) is 24.7. The number of carbonyl (C=O) groups is 1. The van der Waals surface area contributed by atoms with Crippen LogP contribution in [0.15, 0.2) is 23.1 Å². The molecule has 0 aromatic heterocycles. The van der Waals surface area contributed by atoms with Crippen LogP contribution in [0.5, 0.6) is 0 Å². The van der Waals surface area contributed by atoms with E-state index in [0.717, 1.165) is 0 Å². The Kier molecular flexibility index (Phi) is 6.35. The number of benzene rings is 1. The van der Waals surface area contributed by atoms with Gasteiger partial charge in [-0.05, 0) is 39.7 Å². The van der Waals surface area contributed by atoms with Crippen molar-refractivity contribution in [3.63, 3.8) is 0 Å². The van der Waals surface area contributed by atoms with Crippen LogP contribution in [-0.2, 0) is 14.8 Å². The fourth-order valence-electron chi connectivity index (χ4n) is 3.36. The summed E-state index contributed by atoms with van der Waals surface area (Å²) >= 11 is 0. The Morgan fingerprint density at radius 1 is 1.27 bits per heavy atom. The van der Waals surface area contributed by atoms with Gasteiger partial charge in [-0.2, -0.15) is 4.31 Å². The highest BCUT2D eigenvalue weighted by atomic mass is 32.2. The lowest BCUT2D eigenvalue weighted by atomic mass is 9.96. The Balaban J connectivity index is 2.17. The summed E-state index contributed by atoms with van der Waals surface area (Å²) in [6, 6.07) is 4.07. The summed E-state index contributed by atoms with van der Waals surface area (Å²) in [5.74, 6) is -0.105. The van der Waals surface area contributed by atoms with Crippen molar-refractivity contribution in [3.8, 4) is 0 Å². The highest BCUT2D eigenvalue weighted by molar-refractivity contribution is 7.89. The van der Waals surface area contributed by atoms with Crippen molar-refractivity contribution < 1.29 is 18.1 Å². The van der Waals surface area contributed by atoms with Gasteiger partial charge in [-0.25, -0.2) is 8.42 Å². The predicted molar refractivity (Wildman–Crippen MR) is 97.2 cm³/mol. The zero-order valence-electron chi connectivity index (χ0n) is 15.3. The van der Waals surface area contributed by atoms with Gasteiger partial charge in [0.2, 0.25) is 15.9 Å². The van der Waals surface area contributed by atoms with E-state index in [1.807, 2.05) is 13.8 Å². The predicted octanol–water partition coefficient (Wildman–Crippen LogP) is 2.17. The number of piperidine rings is 1. The average molecular weight is 383 g/mol. The molecule has 1 aromatic rings. The molecule has 0 saturated carbocycles. The molecule has 0 spiro atoms. The SMILES string of the molecule is CCN(CC)C(=O)C1CCN(S(=O)(=O)c2cccc([N+](=O)[O-])c2C)CC1. The van der Waals surface area contributed by atoms with E-state index in [4.69, 9.17) is 0 Å². The fourth-order valence-corrected chi connectivity index (χ4v) is 5.07. The van der Waals surface area contributed by atoms with Crippen LogP contribution in [0.25, 0.3) is 0 Å². The Labute approximate surface area is 154 Å². The van der Waals surface area contributed by atoms with Crippen molar-refractivity contribution in [3.05, 3.63) is 33.9 Å². The minimum absolute atomic E-state index is 0.0415. The van der Waals surface area contributed by atoms with Gasteiger partial charge >= 0.3 is 0 Å². The van der Waals surface area contributed by atoms with E-state index in [2.05, 4.69) is 0 Å². The van der Waals surface area contributed by atoms with Crippen LogP contribution in [-0.4, -0.2) is 54.6 Å². The molecule has 144 valence electrons. The smallest absolute Gasteiger partial charge is 0.273 e. The van der Waals surface area contributed by atoms with E-state index in [0.29, 0.717) is 25.9 Å². The molecule has 8 nitrogen and oxygen atoms in total. The Morgan fingerprint density at radius 3 is 2.35 bits per heavy atom. The van der Waals surface area contributed by atoms with E-state index < -0.39 is 14.9 Å². The first-order chi connectivity index (χ1) is 12.2. The molecular weight excluding hydrogens is 358 g/mol. The number of nitro groups is 1. The minimum Gasteiger partial charge on any atom is -0.343 e. The van der Waals surface area contributed by atoms with Crippen molar-refractivity contribution in [2.45, 2.75) is 38.5 Å². The summed E-state index contributed by atoms with van der Waals surface area (Å²) in [5, 5.41) is 11.1. The van der Waals surface area contributed by atoms with Crippen LogP contribution in [0.4, 0.5) is 5.69 Å². The van der Waals surface area contributed by atoms with Crippen LogP contribution in [0.1, 0.15) is 32.3 Å². The molecule has 0 unspecified atom stereocenters. The normalized spacial score (nSPS) is 16.4. The molecule has 0 aliphatic carbocycles. The highest BCUT2D eigenvalue weighted by Crippen LogP contribution is 2.30. The fraction of sp³-hybridized carbons (Fsp3) is 0.588. The monoisotopic (exact) mass is 383 g/mol. The van der Waals surface area contributed by atoms with E-state index in [1.165, 1.54) is 29.4 Å². The molecule has 1 saturated heterocycles. The lowest BCUT2D eigenvalue weighted by Gasteiger charge is -2.33. The molecule has 1 heterocycles. The number of rotatable bonds is 6. The molecule has 1 amide bonds. The first kappa shape index (κ1) is 20.3. The van der Waals surface area contributed by atoms with E-state index in [1.54, 1.807) is 4.90 Å². The van der Waals surface area contributed by atoms with E-state index >= 15 is 0 Å². The van der Waals surface area contributed by atoms with Gasteiger partial charge < -0.3 is 4.90 Å². The van der Waals surface area contributed by atoms with Gasteiger partial charge in [0, 0.05) is 43.7 Å². The van der Waals surface area contributed by atoms with Gasteiger partial charge in [0.1, 0.15) is 0 Å². The van der Waals surface area contributed by atoms with Gasteiger partial charge in [0.05, 0.1) is 9.82 Å². The zero-order valence-corrected chi connectivity index (χ0v) is 16.2. The molecule has 1 aliphatic heterocycles. The molecule has 1 aromatic carbocycles. The molecule has 0 N–H and O–H groups in total. The van der Waals surface area contributed by atoms with Gasteiger partial charge in [0.15, 0.2) is 0 Å². The lowest BCUT2D eigenvalue weighted by molar-refractivity contribution is -0.385. The number of nitrogens with zero attached hydrogens (tertiary/aromatic N) is 3. The quantitative estimate of drug-likeness (QED) is 0.553. The van der Waals surface area contributed by atoms with Crippen LogP contribution >= 0.6 is 0 Å². The number of amides is 1. The molecular formula is C17H25N3O5S. The molecule has 9 heteroatoms. The molecule has 1 aliphatic rings. The average Bonchev–Trinajstić information content (AvgIpc) is 2.62. The maximum Gasteiger partial charge on any atom is 0.273 e. The highest BCUT2D eigenvalue weighted by Gasteiger charge is 2.35. The third-order valence-corrected chi connectivity index (χ3v) is 6.99. The summed E-state index contributed by atoms with van der Waals surface area (Å²) in [6.45, 7) is 7.05. The molecule has 26 heavy (non-hydrogen) atoms. The molecule has 2 rings (SSSR count). The van der Waals surface area contributed by atoms with Crippen molar-refractivity contribution >= 4 is 21.6 Å². The number of sulfonamides is 1. The van der Waals surface area contributed by atoms with E-state index in [-0.39, 0.29) is 41.1 Å². The van der Waals surface area contributed by atoms with Crippen LogP contribution in [0, 0.1) is 23.0 Å². The van der Waals surface area contributed by atoms with Gasteiger partial charge in [-0.1, -0.05) is 6.07 Å². The minimum atomic E-state index is -3.83. The number of hydrogen-bond donors (Lipinski definition) is 0. The largest absolute Gasteiger partial charge is 0.343 e. The molecule has 0 bridgehead atoms. The number of hydrogen-bond acceptors (Lipinski definition) is 5. The lowest BCUT2D eigenvalue weighted by Crippen LogP contribution is -2.44. The summed E-state index contributed by atoms with van der Waals surface area (Å²) < 4.78 is 27.2. The van der Waals surface area contributed by atoms with Crippen LogP contribution in [0.3, 0.4) is 0 Å². The van der Waals surface area contributed by atoms with Gasteiger partial charge in [-0.3, -0.25) is 14.9 Å². The summed E-state index contributed by atoms with van der Waals surface area (Å²) in [5.41, 5.74) is -0.0727. The van der Waals surface area contributed by atoms with Crippen molar-refractivity contribution in [1.29, 1.82) is 0 Å². The van der Waals surface area contributed by atoms with Crippen molar-refractivity contribution in [2.75, 3.05) is 26.2 Å². The van der Waals surface area contributed by atoms with Gasteiger partial charge in [-0.15, -0.1) is 0 Å². The number of nitro benzene ring substituents is 1. The third-order valence-electron chi connectivity index (χ3n) is 4.95. The Bertz CT molecular complexity index is 782. The van der Waals surface area contributed by atoms with Crippen LogP contribution < -0.4 is 0 Å². The first-order valence-electron chi connectivity index (χ1n) is 8.76. The second kappa shape index (κ2) is 8.13. The standard InChI is InChI=1S/C17H25N3O5S/c1-4-18(5-2)17(21)14-9-11-19(12-10-14)26(24,25)16-8-6-7-15(13(16)3)20(22)23/h6-8,14H,4-5,9-12H2,1-3H3. The Morgan fingerprint density at radius 2 is 1.85 bits per heavy atom. The first-order valence-corrected chi connectivity index (χ1v) is 10.2. The second-order valence-corrected chi connectivity index (χ2v) is 8.25. The summed E-state index contributed by atoms with van der Waals surface area (Å²) in [7, 11) is -3.83. The third kappa shape index (κ3) is 3.88.